The Kier molecular flexibility index (Phi) is 5.75. The molecule has 1 N–H and O–H groups in total. The molecular formula is C22H23F2N3O5S2. The average Bonchev–Trinajstić information content (AvgIpc) is 3.41. The lowest BCUT2D eigenvalue weighted by Gasteiger charge is -2.47. The van der Waals surface area contributed by atoms with E-state index in [-0.39, 0.29) is 47.3 Å². The minimum absolute atomic E-state index is 0.0365. The molecule has 0 radical (unpaired) electrons. The number of amides is 2. The number of piperidine rings is 1. The Labute approximate surface area is 199 Å². The Balaban J connectivity index is 1.23. The van der Waals surface area contributed by atoms with E-state index < -0.39 is 33.7 Å². The van der Waals surface area contributed by atoms with Crippen LogP contribution in [-0.2, 0) is 14.6 Å². The normalized spacial score (nSPS) is 23.0. The van der Waals surface area contributed by atoms with E-state index in [1.807, 2.05) is 0 Å². The van der Waals surface area contributed by atoms with Gasteiger partial charge in [0, 0.05) is 30.6 Å². The van der Waals surface area contributed by atoms with Crippen LogP contribution in [0, 0.1) is 17.0 Å². The number of hydrogen-bond acceptors (Lipinski definition) is 7. The Morgan fingerprint density at radius 2 is 1.88 bits per heavy atom. The fourth-order valence-corrected chi connectivity index (χ4v) is 7.93. The zero-order valence-corrected chi connectivity index (χ0v) is 19.8. The summed E-state index contributed by atoms with van der Waals surface area (Å²) in [5.41, 5.74) is -0.405. The van der Waals surface area contributed by atoms with Crippen LogP contribution in [0.15, 0.2) is 29.6 Å². The molecule has 1 aromatic carbocycles. The zero-order valence-electron chi connectivity index (χ0n) is 18.1. The third-order valence-corrected chi connectivity index (χ3v) is 9.59. The summed E-state index contributed by atoms with van der Waals surface area (Å²) in [7, 11) is -2.97. The fourth-order valence-electron chi connectivity index (χ4n) is 4.93. The van der Waals surface area contributed by atoms with Gasteiger partial charge in [0.15, 0.2) is 21.5 Å². The first-order chi connectivity index (χ1) is 16.1. The van der Waals surface area contributed by atoms with Crippen molar-refractivity contribution in [2.75, 3.05) is 47.5 Å². The number of thiophene rings is 1. The molecule has 0 saturated carbocycles. The molecule has 4 heterocycles. The van der Waals surface area contributed by atoms with Gasteiger partial charge < -0.3 is 15.0 Å². The number of carbonyl (C=O) groups excluding carboxylic acids is 2. The number of rotatable bonds is 5. The van der Waals surface area contributed by atoms with Crippen molar-refractivity contribution in [2.45, 2.75) is 18.9 Å². The van der Waals surface area contributed by atoms with Crippen molar-refractivity contribution in [3.05, 3.63) is 46.2 Å². The van der Waals surface area contributed by atoms with Crippen LogP contribution in [-0.4, -0.2) is 64.2 Å². The quantitative estimate of drug-likeness (QED) is 0.663. The highest BCUT2D eigenvalue weighted by molar-refractivity contribution is 7.92. The summed E-state index contributed by atoms with van der Waals surface area (Å²) in [5, 5.41) is 4.47. The molecule has 5 rings (SSSR count). The number of sulfone groups is 1. The molecular weight excluding hydrogens is 488 g/mol. The lowest BCUT2D eigenvalue weighted by atomic mass is 9.81. The molecule has 1 atom stereocenters. The molecule has 2 aromatic rings. The van der Waals surface area contributed by atoms with Crippen LogP contribution < -0.4 is 15.1 Å². The van der Waals surface area contributed by atoms with Gasteiger partial charge >= 0.3 is 6.09 Å². The third kappa shape index (κ3) is 4.36. The second kappa shape index (κ2) is 8.49. The first-order valence-electron chi connectivity index (χ1n) is 10.9. The molecule has 2 amide bonds. The third-order valence-electron chi connectivity index (χ3n) is 6.62. The summed E-state index contributed by atoms with van der Waals surface area (Å²) in [5.74, 6) is -1.59. The monoisotopic (exact) mass is 511 g/mol. The Morgan fingerprint density at radius 1 is 1.21 bits per heavy atom. The van der Waals surface area contributed by atoms with Gasteiger partial charge in [-0.15, -0.1) is 11.3 Å². The number of anilines is 2. The average molecular weight is 512 g/mol. The summed E-state index contributed by atoms with van der Waals surface area (Å²) in [6.45, 7) is 0.844. The molecule has 3 aliphatic heterocycles. The zero-order chi connectivity index (χ0) is 24.1. The molecule has 1 spiro atoms. The van der Waals surface area contributed by atoms with Gasteiger partial charge in [-0.2, -0.15) is 0 Å². The Hall–Kier alpha value is -2.73. The van der Waals surface area contributed by atoms with Gasteiger partial charge in [-0.05, 0) is 24.3 Å². The van der Waals surface area contributed by atoms with Gasteiger partial charge in [0.2, 0.25) is 0 Å². The minimum Gasteiger partial charge on any atom is -0.442 e. The van der Waals surface area contributed by atoms with Crippen molar-refractivity contribution in [2.24, 2.45) is 5.41 Å². The van der Waals surface area contributed by atoms with E-state index in [1.54, 1.807) is 22.4 Å². The van der Waals surface area contributed by atoms with Gasteiger partial charge in [0.05, 0.1) is 35.2 Å². The molecule has 0 aliphatic carbocycles. The van der Waals surface area contributed by atoms with Crippen molar-refractivity contribution in [1.29, 1.82) is 0 Å². The maximum Gasteiger partial charge on any atom is 0.414 e. The number of nitrogens with one attached hydrogen (secondary N) is 1. The van der Waals surface area contributed by atoms with Crippen molar-refractivity contribution in [3.8, 4) is 0 Å². The number of cyclic esters (lactones) is 1. The number of carbonyl (C=O) groups is 2. The Morgan fingerprint density at radius 3 is 2.47 bits per heavy atom. The summed E-state index contributed by atoms with van der Waals surface area (Å²) < 4.78 is 58.3. The van der Waals surface area contributed by atoms with Gasteiger partial charge in [0.1, 0.15) is 11.8 Å². The number of benzene rings is 1. The van der Waals surface area contributed by atoms with Crippen LogP contribution in [0.4, 0.5) is 25.0 Å². The maximum atomic E-state index is 15.0. The predicted octanol–water partition coefficient (Wildman–Crippen LogP) is 2.80. The summed E-state index contributed by atoms with van der Waals surface area (Å²) >= 11 is 1.29. The molecule has 8 nitrogen and oxygen atoms in total. The lowest BCUT2D eigenvalue weighted by Crippen LogP contribution is -2.54. The largest absolute Gasteiger partial charge is 0.442 e. The van der Waals surface area contributed by atoms with Crippen LogP contribution in [0.3, 0.4) is 0 Å². The van der Waals surface area contributed by atoms with Crippen molar-refractivity contribution in [3.63, 3.8) is 0 Å². The van der Waals surface area contributed by atoms with Crippen molar-refractivity contribution >= 4 is 44.5 Å². The van der Waals surface area contributed by atoms with Crippen LogP contribution in [0.5, 0.6) is 0 Å². The van der Waals surface area contributed by atoms with E-state index in [4.69, 9.17) is 4.74 Å². The molecule has 34 heavy (non-hydrogen) atoms. The number of hydrogen-bond donors (Lipinski definition) is 1. The smallest absolute Gasteiger partial charge is 0.414 e. The number of ether oxygens (including phenoxy) is 1. The van der Waals surface area contributed by atoms with E-state index >= 15 is 0 Å². The number of halogens is 2. The van der Waals surface area contributed by atoms with Crippen LogP contribution in [0.2, 0.25) is 0 Å². The number of nitrogens with zero attached hydrogens (tertiary/aromatic N) is 2. The molecule has 12 heteroatoms. The highest BCUT2D eigenvalue weighted by atomic mass is 32.2. The predicted molar refractivity (Wildman–Crippen MR) is 123 cm³/mol. The van der Waals surface area contributed by atoms with E-state index in [0.29, 0.717) is 30.8 Å². The highest BCUT2D eigenvalue weighted by Gasteiger charge is 2.50. The van der Waals surface area contributed by atoms with E-state index in [9.17, 15) is 26.8 Å². The summed E-state index contributed by atoms with van der Waals surface area (Å²) in [6, 6.07) is 5.63. The SMILES string of the molecule is O=C(NCC1CN(c2cc(F)c(N3CCC4(CC3)CS(=O)(=O)C4)c(F)c2)C(=O)O1)c1cccs1. The molecule has 1 aromatic heterocycles. The molecule has 0 bridgehead atoms. The fraction of sp³-hybridized carbons (Fsp3) is 0.455. The minimum atomic E-state index is -2.97. The second-order valence-electron chi connectivity index (χ2n) is 9.08. The molecule has 1 unspecified atom stereocenters. The molecule has 3 aliphatic rings. The van der Waals surface area contributed by atoms with E-state index in [1.165, 1.54) is 11.3 Å². The van der Waals surface area contributed by atoms with Crippen LogP contribution in [0.1, 0.15) is 22.5 Å². The van der Waals surface area contributed by atoms with Crippen molar-refractivity contribution in [1.82, 2.24) is 5.32 Å². The van der Waals surface area contributed by atoms with E-state index in [2.05, 4.69) is 5.32 Å². The highest BCUT2D eigenvalue weighted by Crippen LogP contribution is 2.44. The van der Waals surface area contributed by atoms with E-state index in [0.717, 1.165) is 17.0 Å². The second-order valence-corrected chi connectivity index (χ2v) is 12.1. The van der Waals surface area contributed by atoms with Crippen LogP contribution >= 0.6 is 11.3 Å². The van der Waals surface area contributed by atoms with Gasteiger partial charge in [0.25, 0.3) is 5.91 Å². The molecule has 3 fully saturated rings. The standard InChI is InChI=1S/C22H23F2N3O5S2/c23-16-8-14(27-11-15(32-21(27)29)10-25-20(28)18-2-1-7-33-18)9-17(24)19(16)26-5-3-22(4-6-26)12-34(30,31)13-22/h1-2,7-9,15H,3-6,10-13H2,(H,25,28). The first kappa shape index (κ1) is 23.0. The van der Waals surface area contributed by atoms with Gasteiger partial charge in [-0.3, -0.25) is 9.69 Å². The van der Waals surface area contributed by atoms with Gasteiger partial charge in [-0.25, -0.2) is 22.0 Å². The topological polar surface area (TPSA) is 96.0 Å². The lowest BCUT2D eigenvalue weighted by molar-refractivity contribution is 0.0920. The van der Waals surface area contributed by atoms with Crippen molar-refractivity contribution < 1.29 is 31.5 Å². The molecule has 3 saturated heterocycles. The maximum absolute atomic E-state index is 15.0. The first-order valence-corrected chi connectivity index (χ1v) is 13.6. The van der Waals surface area contributed by atoms with Gasteiger partial charge in [-0.1, -0.05) is 6.07 Å². The van der Waals surface area contributed by atoms with Crippen LogP contribution in [0.25, 0.3) is 0 Å². The molecule has 182 valence electrons. The summed E-state index contributed by atoms with van der Waals surface area (Å²) in [6.07, 6.45) is -0.277. The Bertz CT molecular complexity index is 1190. The summed E-state index contributed by atoms with van der Waals surface area (Å²) in [4.78, 5) is 27.7.